The normalized spacial score (nSPS) is 13.8. The summed E-state index contributed by atoms with van der Waals surface area (Å²) in [6, 6.07) is 4.15. The molecule has 9 heteroatoms. The summed E-state index contributed by atoms with van der Waals surface area (Å²) in [5.74, 6) is -0.137. The largest absolute Gasteiger partial charge is 0.329 e. The number of hydrogen-bond donors (Lipinski definition) is 2. The lowest BCUT2D eigenvalue weighted by Gasteiger charge is -2.10. The molecule has 2 aromatic heterocycles. The van der Waals surface area contributed by atoms with Gasteiger partial charge in [0.15, 0.2) is 0 Å². The van der Waals surface area contributed by atoms with Gasteiger partial charge in [0, 0.05) is 25.1 Å². The van der Waals surface area contributed by atoms with Gasteiger partial charge in [0.1, 0.15) is 12.4 Å². The number of carbonyl (C=O) groups excluding carboxylic acids is 1. The zero-order valence-electron chi connectivity index (χ0n) is 12.4. The minimum atomic E-state index is -0.640. The summed E-state index contributed by atoms with van der Waals surface area (Å²) in [5.41, 5.74) is -0.849. The Bertz CT molecular complexity index is 935. The minimum Gasteiger partial charge on any atom is -0.310 e. The molecular formula is C14H15N5O4. The molecule has 0 unspecified atom stereocenters. The maximum atomic E-state index is 12.1. The molecule has 0 atom stereocenters. The monoisotopic (exact) mass is 317 g/mol. The Kier molecular flexibility index (Phi) is 3.68. The molecule has 1 saturated carbocycles. The van der Waals surface area contributed by atoms with Crippen LogP contribution in [0.3, 0.4) is 0 Å². The second kappa shape index (κ2) is 5.67. The van der Waals surface area contributed by atoms with Crippen LogP contribution >= 0.6 is 0 Å². The van der Waals surface area contributed by atoms with E-state index in [1.165, 1.54) is 13.1 Å². The first-order chi connectivity index (χ1) is 10.9. The van der Waals surface area contributed by atoms with Crippen molar-refractivity contribution in [2.45, 2.75) is 25.3 Å². The first-order valence-electron chi connectivity index (χ1n) is 7.12. The van der Waals surface area contributed by atoms with Crippen molar-refractivity contribution in [3.63, 3.8) is 0 Å². The molecule has 0 bridgehead atoms. The smallest absolute Gasteiger partial charge is 0.310 e. The lowest BCUT2D eigenvalue weighted by Crippen LogP contribution is -2.34. The maximum Gasteiger partial charge on any atom is 0.329 e. The van der Waals surface area contributed by atoms with Crippen molar-refractivity contribution < 1.29 is 4.79 Å². The van der Waals surface area contributed by atoms with Crippen LogP contribution in [0.1, 0.15) is 24.5 Å². The molecule has 9 nitrogen and oxygen atoms in total. The molecule has 120 valence electrons. The summed E-state index contributed by atoms with van der Waals surface area (Å²) >= 11 is 0. The number of nitrogens with zero attached hydrogens (tertiary/aromatic N) is 3. The van der Waals surface area contributed by atoms with Crippen molar-refractivity contribution in [2.24, 2.45) is 7.05 Å². The van der Waals surface area contributed by atoms with E-state index in [0.29, 0.717) is 5.92 Å². The Balaban J connectivity index is 1.80. The molecule has 2 aromatic rings. The van der Waals surface area contributed by atoms with Crippen LogP contribution in [0.15, 0.2) is 32.6 Å². The van der Waals surface area contributed by atoms with Crippen LogP contribution < -0.4 is 22.1 Å². The van der Waals surface area contributed by atoms with Gasteiger partial charge in [-0.3, -0.25) is 23.9 Å². The van der Waals surface area contributed by atoms with E-state index in [4.69, 9.17) is 0 Å². The predicted octanol–water partition coefficient (Wildman–Crippen LogP) is -0.854. The topological polar surface area (TPSA) is 119 Å². The summed E-state index contributed by atoms with van der Waals surface area (Å²) in [6.07, 6.45) is 2.07. The van der Waals surface area contributed by atoms with Crippen LogP contribution in [0.5, 0.6) is 0 Å². The number of hydrogen-bond acceptors (Lipinski definition) is 5. The van der Waals surface area contributed by atoms with E-state index in [9.17, 15) is 19.2 Å². The molecule has 1 amide bonds. The second-order valence-corrected chi connectivity index (χ2v) is 5.46. The molecule has 2 heterocycles. The van der Waals surface area contributed by atoms with Crippen molar-refractivity contribution >= 4 is 11.7 Å². The number of carbonyl (C=O) groups is 1. The van der Waals surface area contributed by atoms with E-state index >= 15 is 0 Å². The third-order valence-electron chi connectivity index (χ3n) is 3.61. The maximum absolute atomic E-state index is 12.1. The van der Waals surface area contributed by atoms with Crippen LogP contribution in [-0.2, 0) is 18.4 Å². The standard InChI is InChI=1S/C14H15N5O4/c1-18-10(6-11(20)16-14(18)23)15-12(21)7-19-13(22)5-4-9(17-19)8-2-3-8/h4-6,8H,2-3,7H2,1H3,(H,15,21)(H,16,20,23). The van der Waals surface area contributed by atoms with Gasteiger partial charge in [-0.15, -0.1) is 0 Å². The molecule has 0 aromatic carbocycles. The highest BCUT2D eigenvalue weighted by Crippen LogP contribution is 2.38. The van der Waals surface area contributed by atoms with Crippen LogP contribution in [-0.4, -0.2) is 25.2 Å². The van der Waals surface area contributed by atoms with E-state index in [1.807, 2.05) is 0 Å². The number of rotatable bonds is 4. The lowest BCUT2D eigenvalue weighted by atomic mass is 10.3. The van der Waals surface area contributed by atoms with Gasteiger partial charge in [0.25, 0.3) is 11.1 Å². The molecule has 1 aliphatic rings. The molecule has 0 aliphatic heterocycles. The SMILES string of the molecule is Cn1c(NC(=O)Cn2nc(C3CC3)ccc2=O)cc(=O)[nH]c1=O. The molecule has 3 rings (SSSR count). The Hall–Kier alpha value is -2.97. The summed E-state index contributed by atoms with van der Waals surface area (Å²) < 4.78 is 2.17. The third-order valence-corrected chi connectivity index (χ3v) is 3.61. The number of aromatic amines is 1. The van der Waals surface area contributed by atoms with E-state index in [2.05, 4.69) is 15.4 Å². The minimum absolute atomic E-state index is 0.0511. The Morgan fingerprint density at radius 1 is 1.35 bits per heavy atom. The average molecular weight is 317 g/mol. The number of H-pyrrole nitrogens is 1. The molecule has 1 fully saturated rings. The van der Waals surface area contributed by atoms with Crippen LogP contribution in [0, 0.1) is 0 Å². The van der Waals surface area contributed by atoms with Gasteiger partial charge in [-0.05, 0) is 18.9 Å². The van der Waals surface area contributed by atoms with Crippen molar-refractivity contribution in [2.75, 3.05) is 5.32 Å². The summed E-state index contributed by atoms with van der Waals surface area (Å²) in [4.78, 5) is 48.7. The van der Waals surface area contributed by atoms with Crippen LogP contribution in [0.4, 0.5) is 5.82 Å². The van der Waals surface area contributed by atoms with Gasteiger partial charge in [0.05, 0.1) is 5.69 Å². The van der Waals surface area contributed by atoms with Gasteiger partial charge in [-0.1, -0.05) is 0 Å². The van der Waals surface area contributed by atoms with Gasteiger partial charge in [-0.25, -0.2) is 9.48 Å². The van der Waals surface area contributed by atoms with E-state index < -0.39 is 17.2 Å². The first-order valence-corrected chi connectivity index (χ1v) is 7.12. The zero-order chi connectivity index (χ0) is 16.6. The zero-order valence-corrected chi connectivity index (χ0v) is 12.4. The summed E-state index contributed by atoms with van der Waals surface area (Å²) in [7, 11) is 1.41. The fourth-order valence-corrected chi connectivity index (χ4v) is 2.17. The Labute approximate surface area is 129 Å². The van der Waals surface area contributed by atoms with Crippen LogP contribution in [0.25, 0.3) is 0 Å². The molecule has 23 heavy (non-hydrogen) atoms. The van der Waals surface area contributed by atoms with E-state index in [0.717, 1.165) is 33.9 Å². The second-order valence-electron chi connectivity index (χ2n) is 5.46. The van der Waals surface area contributed by atoms with Gasteiger partial charge < -0.3 is 5.32 Å². The molecule has 1 aliphatic carbocycles. The quantitative estimate of drug-likeness (QED) is 0.761. The lowest BCUT2D eigenvalue weighted by molar-refractivity contribution is -0.117. The highest BCUT2D eigenvalue weighted by molar-refractivity contribution is 5.89. The Morgan fingerprint density at radius 3 is 2.78 bits per heavy atom. The number of anilines is 1. The average Bonchev–Trinajstić information content (AvgIpc) is 3.31. The predicted molar refractivity (Wildman–Crippen MR) is 81.4 cm³/mol. The van der Waals surface area contributed by atoms with Gasteiger partial charge in [0.2, 0.25) is 5.91 Å². The van der Waals surface area contributed by atoms with Crippen molar-refractivity contribution in [1.82, 2.24) is 19.3 Å². The molecule has 0 radical (unpaired) electrons. The first kappa shape index (κ1) is 14.9. The van der Waals surface area contributed by atoms with Crippen molar-refractivity contribution in [3.05, 3.63) is 55.1 Å². The summed E-state index contributed by atoms with van der Waals surface area (Å²) in [6.45, 7) is -0.291. The number of amides is 1. The number of nitrogens with one attached hydrogen (secondary N) is 2. The fraction of sp³-hybridized carbons (Fsp3) is 0.357. The highest BCUT2D eigenvalue weighted by Gasteiger charge is 2.25. The fourth-order valence-electron chi connectivity index (χ4n) is 2.17. The van der Waals surface area contributed by atoms with Crippen molar-refractivity contribution in [1.29, 1.82) is 0 Å². The molecule has 0 saturated heterocycles. The van der Waals surface area contributed by atoms with E-state index in [-0.39, 0.29) is 17.9 Å². The van der Waals surface area contributed by atoms with Gasteiger partial charge in [-0.2, -0.15) is 5.10 Å². The number of aromatic nitrogens is 4. The van der Waals surface area contributed by atoms with Crippen LogP contribution in [0.2, 0.25) is 0 Å². The van der Waals surface area contributed by atoms with E-state index in [1.54, 1.807) is 6.07 Å². The third kappa shape index (κ3) is 3.28. The molecular weight excluding hydrogens is 302 g/mol. The molecule has 0 spiro atoms. The Morgan fingerprint density at radius 2 is 2.09 bits per heavy atom. The highest BCUT2D eigenvalue weighted by atomic mass is 16.2. The van der Waals surface area contributed by atoms with Gasteiger partial charge >= 0.3 is 5.69 Å². The van der Waals surface area contributed by atoms with Crippen molar-refractivity contribution in [3.8, 4) is 0 Å². The summed E-state index contributed by atoms with van der Waals surface area (Å²) in [5, 5.41) is 6.62. The molecule has 2 N–H and O–H groups in total.